The van der Waals surface area contributed by atoms with Gasteiger partial charge in [-0.3, -0.25) is 0 Å². The molecule has 0 spiro atoms. The summed E-state index contributed by atoms with van der Waals surface area (Å²) in [5, 5.41) is 11.5. The van der Waals surface area contributed by atoms with Crippen LogP contribution < -0.4 is 5.73 Å². The maximum absolute atomic E-state index is 8.49. The van der Waals surface area contributed by atoms with Gasteiger partial charge in [0.1, 0.15) is 5.84 Å². The molecule has 0 heterocycles. The lowest BCUT2D eigenvalue weighted by Gasteiger charge is -2.29. The molecule has 0 radical (unpaired) electrons. The number of hydrogen-bond donors (Lipinski definition) is 2. The van der Waals surface area contributed by atoms with E-state index in [1.54, 1.807) is 7.11 Å². The van der Waals surface area contributed by atoms with Gasteiger partial charge in [0, 0.05) is 26.1 Å². The Morgan fingerprint density at radius 1 is 1.56 bits per heavy atom. The predicted octanol–water partition coefficient (Wildman–Crippen LogP) is 1.26. The van der Waals surface area contributed by atoms with E-state index in [9.17, 15) is 0 Å². The van der Waals surface area contributed by atoms with Crippen molar-refractivity contribution in [3.05, 3.63) is 0 Å². The van der Waals surface area contributed by atoms with E-state index in [2.05, 4.69) is 30.8 Å². The summed E-state index contributed by atoms with van der Waals surface area (Å²) in [5.74, 6) is 0.269. The molecule has 5 nitrogen and oxygen atoms in total. The molecule has 0 saturated heterocycles. The Labute approximate surface area is 98.2 Å². The molecule has 3 N–H and O–H groups in total. The van der Waals surface area contributed by atoms with Crippen LogP contribution in [0.5, 0.6) is 0 Å². The molecule has 0 aliphatic carbocycles. The van der Waals surface area contributed by atoms with E-state index in [1.807, 2.05) is 7.05 Å². The van der Waals surface area contributed by atoms with Gasteiger partial charge < -0.3 is 20.6 Å². The molecule has 0 rings (SSSR count). The van der Waals surface area contributed by atoms with E-state index in [4.69, 9.17) is 15.7 Å². The van der Waals surface area contributed by atoms with Gasteiger partial charge in [-0.1, -0.05) is 5.16 Å². The Kier molecular flexibility index (Phi) is 6.36. The largest absolute Gasteiger partial charge is 0.409 e. The van der Waals surface area contributed by atoms with Gasteiger partial charge in [-0.05, 0) is 34.2 Å². The van der Waals surface area contributed by atoms with Crippen LogP contribution in [-0.4, -0.2) is 48.3 Å². The lowest BCUT2D eigenvalue weighted by molar-refractivity contribution is 0.00705. The maximum atomic E-state index is 8.49. The Bertz CT molecular complexity index is 229. The van der Waals surface area contributed by atoms with Crippen molar-refractivity contribution in [2.75, 3.05) is 20.7 Å². The van der Waals surface area contributed by atoms with Gasteiger partial charge in [-0.15, -0.1) is 0 Å². The monoisotopic (exact) mass is 231 g/mol. The van der Waals surface area contributed by atoms with Gasteiger partial charge in [0.05, 0.1) is 5.60 Å². The van der Waals surface area contributed by atoms with E-state index < -0.39 is 0 Å². The van der Waals surface area contributed by atoms with Crippen LogP contribution in [0.3, 0.4) is 0 Å². The topological polar surface area (TPSA) is 71.1 Å². The van der Waals surface area contributed by atoms with Crippen LogP contribution in [0.15, 0.2) is 5.16 Å². The smallest absolute Gasteiger partial charge is 0.140 e. The Morgan fingerprint density at radius 2 is 2.12 bits per heavy atom. The number of oxime groups is 1. The second-order valence-electron chi connectivity index (χ2n) is 4.84. The summed E-state index contributed by atoms with van der Waals surface area (Å²) >= 11 is 0. The first kappa shape index (κ1) is 15.2. The molecule has 5 heteroatoms. The van der Waals surface area contributed by atoms with Crippen molar-refractivity contribution in [2.45, 2.75) is 45.3 Å². The van der Waals surface area contributed by atoms with Crippen LogP contribution in [0.4, 0.5) is 0 Å². The summed E-state index contributed by atoms with van der Waals surface area (Å²) < 4.78 is 5.35. The van der Waals surface area contributed by atoms with Gasteiger partial charge in [0.2, 0.25) is 0 Å². The molecule has 1 unspecified atom stereocenters. The van der Waals surface area contributed by atoms with Crippen molar-refractivity contribution in [1.29, 1.82) is 0 Å². The van der Waals surface area contributed by atoms with Gasteiger partial charge in [0.15, 0.2) is 0 Å². The zero-order valence-corrected chi connectivity index (χ0v) is 11.0. The molecule has 0 aromatic heterocycles. The fraction of sp³-hybridized carbons (Fsp3) is 0.909. The summed E-state index contributed by atoms with van der Waals surface area (Å²) in [6.07, 6.45) is 1.51. The number of methoxy groups -OCH3 is 1. The minimum absolute atomic E-state index is 0.107. The molecule has 0 amide bonds. The van der Waals surface area contributed by atoms with E-state index in [0.717, 1.165) is 13.0 Å². The van der Waals surface area contributed by atoms with Crippen LogP contribution in [0.25, 0.3) is 0 Å². The van der Waals surface area contributed by atoms with E-state index >= 15 is 0 Å². The SMILES string of the molecule is COC(C)(C)CCN(C)C(C)CC(N)=NO. The first-order valence-corrected chi connectivity index (χ1v) is 5.54. The van der Waals surface area contributed by atoms with Crippen molar-refractivity contribution in [2.24, 2.45) is 10.9 Å². The average Bonchev–Trinajstić information content (AvgIpc) is 2.25. The summed E-state index contributed by atoms with van der Waals surface area (Å²) in [4.78, 5) is 2.18. The van der Waals surface area contributed by atoms with E-state index in [0.29, 0.717) is 6.42 Å². The fourth-order valence-electron chi connectivity index (χ4n) is 1.27. The summed E-state index contributed by atoms with van der Waals surface area (Å²) in [7, 11) is 3.75. The highest BCUT2D eigenvalue weighted by atomic mass is 16.5. The van der Waals surface area contributed by atoms with Crippen molar-refractivity contribution >= 4 is 5.84 Å². The molecule has 0 aliphatic rings. The lowest BCUT2D eigenvalue weighted by Crippen LogP contribution is -2.37. The summed E-state index contributed by atoms with van der Waals surface area (Å²) in [6.45, 7) is 7.10. The standard InChI is InChI=1S/C11H25N3O2/c1-9(8-10(12)13-15)14(4)7-6-11(2,3)16-5/h9,15H,6-8H2,1-5H3,(H2,12,13). The van der Waals surface area contributed by atoms with Crippen molar-refractivity contribution in [3.8, 4) is 0 Å². The van der Waals surface area contributed by atoms with Crippen molar-refractivity contribution < 1.29 is 9.94 Å². The number of nitrogens with zero attached hydrogens (tertiary/aromatic N) is 2. The fourth-order valence-corrected chi connectivity index (χ4v) is 1.27. The van der Waals surface area contributed by atoms with Crippen molar-refractivity contribution in [1.82, 2.24) is 4.90 Å². The van der Waals surface area contributed by atoms with Crippen LogP contribution in [0.2, 0.25) is 0 Å². The Morgan fingerprint density at radius 3 is 2.56 bits per heavy atom. The molecule has 0 bridgehead atoms. The third kappa shape index (κ3) is 5.92. The normalized spacial score (nSPS) is 15.5. The number of hydrogen-bond acceptors (Lipinski definition) is 4. The Hall–Kier alpha value is -0.810. The van der Waals surface area contributed by atoms with Crippen LogP contribution in [0.1, 0.15) is 33.6 Å². The minimum Gasteiger partial charge on any atom is -0.409 e. The van der Waals surface area contributed by atoms with Gasteiger partial charge >= 0.3 is 0 Å². The molecule has 16 heavy (non-hydrogen) atoms. The molecule has 0 saturated carbocycles. The number of ether oxygens (including phenoxy) is 1. The second-order valence-corrected chi connectivity index (χ2v) is 4.84. The predicted molar refractivity (Wildman–Crippen MR) is 65.8 cm³/mol. The molecule has 1 atom stereocenters. The van der Waals surface area contributed by atoms with Crippen LogP contribution >= 0.6 is 0 Å². The quantitative estimate of drug-likeness (QED) is 0.299. The summed E-state index contributed by atoms with van der Waals surface area (Å²) in [6, 6.07) is 0.253. The molecular formula is C11H25N3O2. The third-order valence-corrected chi connectivity index (χ3v) is 3.00. The van der Waals surface area contributed by atoms with Gasteiger partial charge in [0.25, 0.3) is 0 Å². The zero-order chi connectivity index (χ0) is 12.8. The third-order valence-electron chi connectivity index (χ3n) is 3.00. The number of amidine groups is 1. The van der Waals surface area contributed by atoms with E-state index in [1.165, 1.54) is 0 Å². The summed E-state index contributed by atoms with van der Waals surface area (Å²) in [5.41, 5.74) is 5.36. The maximum Gasteiger partial charge on any atom is 0.140 e. The number of nitrogens with two attached hydrogens (primary N) is 1. The Balaban J connectivity index is 4.01. The molecular weight excluding hydrogens is 206 g/mol. The zero-order valence-electron chi connectivity index (χ0n) is 11.0. The molecule has 0 aromatic rings. The van der Waals surface area contributed by atoms with Gasteiger partial charge in [-0.2, -0.15) is 0 Å². The lowest BCUT2D eigenvalue weighted by atomic mass is 10.0. The highest BCUT2D eigenvalue weighted by Gasteiger charge is 2.19. The molecule has 0 aromatic carbocycles. The van der Waals surface area contributed by atoms with E-state index in [-0.39, 0.29) is 17.5 Å². The van der Waals surface area contributed by atoms with Crippen LogP contribution in [-0.2, 0) is 4.74 Å². The second kappa shape index (κ2) is 6.70. The first-order valence-electron chi connectivity index (χ1n) is 5.54. The highest BCUT2D eigenvalue weighted by Crippen LogP contribution is 2.14. The molecule has 96 valence electrons. The highest BCUT2D eigenvalue weighted by molar-refractivity contribution is 5.80. The molecule has 0 fully saturated rings. The van der Waals surface area contributed by atoms with Gasteiger partial charge in [-0.25, -0.2) is 0 Å². The average molecular weight is 231 g/mol. The number of rotatable bonds is 7. The van der Waals surface area contributed by atoms with Crippen molar-refractivity contribution in [3.63, 3.8) is 0 Å². The first-order chi connectivity index (χ1) is 7.32. The minimum atomic E-state index is -0.107. The van der Waals surface area contributed by atoms with Crippen LogP contribution in [0, 0.1) is 0 Å². The molecule has 0 aliphatic heterocycles.